The average molecular weight is 531 g/mol. The Labute approximate surface area is 226 Å². The molecule has 1 atom stereocenters. The first-order chi connectivity index (χ1) is 18.4. The normalized spacial score (nSPS) is 15.5. The number of aromatic nitrogens is 4. The lowest BCUT2D eigenvalue weighted by atomic mass is 9.93. The van der Waals surface area contributed by atoms with Gasteiger partial charge in [-0.2, -0.15) is 0 Å². The number of anilines is 3. The topological polar surface area (TPSA) is 122 Å². The number of hydrogen-bond acceptors (Lipinski definition) is 6. The standard InChI is InChI=1S/C28H31ClN8O/c1-16(2)27-36-24(25-26(30)33-15-23(37(25)27)17-6-8-18(31-3)9-7-17)21-11-10-19(13-22(21)29)34-28(38)35-20-5-4-12-32-14-20/h4-6,10-16,18,31H,7-9H2,1-3H3,(H2,30,33)(H2,34,35,38). The number of urea groups is 1. The second-order valence-electron chi connectivity index (χ2n) is 9.69. The quantitative estimate of drug-likeness (QED) is 0.244. The summed E-state index contributed by atoms with van der Waals surface area (Å²) in [5, 5.41) is 9.35. The Hall–Kier alpha value is -3.95. The molecule has 0 saturated heterocycles. The second kappa shape index (κ2) is 10.8. The number of hydrogen-bond donors (Lipinski definition) is 4. The fraction of sp³-hybridized carbons (Fsp3) is 0.286. The lowest BCUT2D eigenvalue weighted by Crippen LogP contribution is -2.26. The minimum Gasteiger partial charge on any atom is -0.382 e. The van der Waals surface area contributed by atoms with Crippen molar-refractivity contribution in [1.82, 2.24) is 24.7 Å². The van der Waals surface area contributed by atoms with E-state index in [1.54, 1.807) is 36.7 Å². The van der Waals surface area contributed by atoms with Crippen LogP contribution in [0.3, 0.4) is 0 Å². The SMILES string of the molecule is CNC1CC=C(c2cnc(N)c3c(-c4ccc(NC(=O)Nc5cccnc5)cc4Cl)nc(C(C)C)n23)CC1. The summed E-state index contributed by atoms with van der Waals surface area (Å²) in [6.07, 6.45) is 10.3. The van der Waals surface area contributed by atoms with E-state index in [1.165, 1.54) is 5.57 Å². The molecule has 2 amide bonds. The summed E-state index contributed by atoms with van der Waals surface area (Å²) in [5.41, 5.74) is 12.0. The molecule has 4 aromatic rings. The molecule has 9 nitrogen and oxygen atoms in total. The number of imidazole rings is 1. The summed E-state index contributed by atoms with van der Waals surface area (Å²) >= 11 is 6.76. The monoisotopic (exact) mass is 530 g/mol. The molecule has 3 heterocycles. The van der Waals surface area contributed by atoms with Crippen molar-refractivity contribution in [3.8, 4) is 11.3 Å². The molecule has 1 aliphatic rings. The van der Waals surface area contributed by atoms with Gasteiger partial charge < -0.3 is 21.7 Å². The zero-order valence-electron chi connectivity index (χ0n) is 21.6. The van der Waals surface area contributed by atoms with E-state index in [0.717, 1.165) is 36.3 Å². The first-order valence-corrected chi connectivity index (χ1v) is 13.0. The Morgan fingerprint density at radius 2 is 2.00 bits per heavy atom. The van der Waals surface area contributed by atoms with Gasteiger partial charge in [0.15, 0.2) is 0 Å². The summed E-state index contributed by atoms with van der Waals surface area (Å²) in [4.78, 5) is 26.0. The lowest BCUT2D eigenvalue weighted by Gasteiger charge is -2.22. The van der Waals surface area contributed by atoms with Crippen molar-refractivity contribution >= 4 is 45.9 Å². The molecule has 10 heteroatoms. The summed E-state index contributed by atoms with van der Waals surface area (Å²) in [5.74, 6) is 1.42. The number of pyridine rings is 1. The zero-order chi connectivity index (χ0) is 26.8. The molecule has 0 radical (unpaired) electrons. The Morgan fingerprint density at radius 1 is 1.18 bits per heavy atom. The van der Waals surface area contributed by atoms with Crippen LogP contribution in [0, 0.1) is 0 Å². The van der Waals surface area contributed by atoms with Crippen LogP contribution >= 0.6 is 11.6 Å². The molecular weight excluding hydrogens is 500 g/mol. The number of nitrogens with zero attached hydrogens (tertiary/aromatic N) is 4. The molecule has 1 unspecified atom stereocenters. The van der Waals surface area contributed by atoms with Gasteiger partial charge in [0.2, 0.25) is 0 Å². The van der Waals surface area contributed by atoms with Gasteiger partial charge in [0, 0.05) is 29.4 Å². The van der Waals surface area contributed by atoms with Crippen molar-refractivity contribution in [2.45, 2.75) is 45.1 Å². The highest BCUT2D eigenvalue weighted by atomic mass is 35.5. The number of allylic oxidation sites excluding steroid dienone is 1. The van der Waals surface area contributed by atoms with Gasteiger partial charge >= 0.3 is 6.03 Å². The van der Waals surface area contributed by atoms with E-state index in [9.17, 15) is 4.79 Å². The molecule has 1 aromatic carbocycles. The van der Waals surface area contributed by atoms with Crippen molar-refractivity contribution in [2.24, 2.45) is 0 Å². The van der Waals surface area contributed by atoms with Crippen LogP contribution in [0.5, 0.6) is 0 Å². The van der Waals surface area contributed by atoms with E-state index in [0.29, 0.717) is 39.5 Å². The number of nitrogen functional groups attached to an aromatic ring is 1. The van der Waals surface area contributed by atoms with E-state index >= 15 is 0 Å². The predicted octanol–water partition coefficient (Wildman–Crippen LogP) is 5.95. The van der Waals surface area contributed by atoms with Gasteiger partial charge in [-0.15, -0.1) is 0 Å². The van der Waals surface area contributed by atoms with Crippen molar-refractivity contribution in [1.29, 1.82) is 0 Å². The van der Waals surface area contributed by atoms with E-state index in [2.05, 4.69) is 50.2 Å². The Bertz CT molecular complexity index is 1510. The highest BCUT2D eigenvalue weighted by Crippen LogP contribution is 2.38. The third kappa shape index (κ3) is 5.07. The molecule has 196 valence electrons. The molecule has 5 rings (SSSR count). The third-order valence-electron chi connectivity index (χ3n) is 6.78. The summed E-state index contributed by atoms with van der Waals surface area (Å²) in [6, 6.07) is 8.93. The average Bonchev–Trinajstić information content (AvgIpc) is 3.31. The van der Waals surface area contributed by atoms with Crippen LogP contribution in [-0.2, 0) is 0 Å². The molecule has 1 aliphatic carbocycles. The highest BCUT2D eigenvalue weighted by molar-refractivity contribution is 6.34. The molecule has 0 fully saturated rings. The first kappa shape index (κ1) is 25.7. The highest BCUT2D eigenvalue weighted by Gasteiger charge is 2.24. The molecule has 38 heavy (non-hydrogen) atoms. The Balaban J connectivity index is 1.52. The van der Waals surface area contributed by atoms with Crippen LogP contribution in [0.25, 0.3) is 22.3 Å². The lowest BCUT2D eigenvalue weighted by molar-refractivity contribution is 0.262. The van der Waals surface area contributed by atoms with Gasteiger partial charge in [-0.05, 0) is 62.2 Å². The van der Waals surface area contributed by atoms with E-state index in [1.807, 2.05) is 19.3 Å². The largest absolute Gasteiger partial charge is 0.382 e. The number of carbonyl (C=O) groups excluding carboxylic acids is 1. The molecule has 0 spiro atoms. The summed E-state index contributed by atoms with van der Waals surface area (Å²) in [6.45, 7) is 4.22. The predicted molar refractivity (Wildman–Crippen MR) is 153 cm³/mol. The van der Waals surface area contributed by atoms with Gasteiger partial charge in [-0.1, -0.05) is 31.5 Å². The maximum Gasteiger partial charge on any atom is 0.323 e. The summed E-state index contributed by atoms with van der Waals surface area (Å²) < 4.78 is 2.14. The van der Waals surface area contributed by atoms with Crippen LogP contribution in [0.2, 0.25) is 5.02 Å². The van der Waals surface area contributed by atoms with Crippen molar-refractivity contribution in [3.05, 3.63) is 71.5 Å². The van der Waals surface area contributed by atoms with Crippen molar-refractivity contribution in [3.63, 3.8) is 0 Å². The van der Waals surface area contributed by atoms with E-state index < -0.39 is 6.03 Å². The fourth-order valence-electron chi connectivity index (χ4n) is 4.81. The number of carbonyl (C=O) groups is 1. The number of benzene rings is 1. The molecule has 0 aliphatic heterocycles. The number of rotatable bonds is 6. The summed E-state index contributed by atoms with van der Waals surface area (Å²) in [7, 11) is 2.00. The second-order valence-corrected chi connectivity index (χ2v) is 10.1. The molecule has 0 bridgehead atoms. The van der Waals surface area contributed by atoms with Crippen LogP contribution < -0.4 is 21.7 Å². The maximum absolute atomic E-state index is 12.4. The Kier molecular flexibility index (Phi) is 7.31. The van der Waals surface area contributed by atoms with E-state index in [-0.39, 0.29) is 5.92 Å². The molecule has 0 saturated carbocycles. The fourth-order valence-corrected chi connectivity index (χ4v) is 5.08. The Morgan fingerprint density at radius 3 is 2.66 bits per heavy atom. The number of nitrogens with two attached hydrogens (primary N) is 1. The minimum absolute atomic E-state index is 0.141. The third-order valence-corrected chi connectivity index (χ3v) is 7.09. The van der Waals surface area contributed by atoms with Crippen molar-refractivity contribution in [2.75, 3.05) is 23.4 Å². The van der Waals surface area contributed by atoms with Gasteiger partial charge in [-0.25, -0.2) is 14.8 Å². The van der Waals surface area contributed by atoms with E-state index in [4.69, 9.17) is 22.3 Å². The number of nitrogens with one attached hydrogen (secondary N) is 3. The molecule has 5 N–H and O–H groups in total. The van der Waals surface area contributed by atoms with Crippen LogP contribution in [0.1, 0.15) is 50.5 Å². The number of amides is 2. The maximum atomic E-state index is 12.4. The number of fused-ring (bicyclic) bond motifs is 1. The molecular formula is C28H31ClN8O. The minimum atomic E-state index is -0.393. The van der Waals surface area contributed by atoms with Gasteiger partial charge in [-0.3, -0.25) is 9.38 Å². The van der Waals surface area contributed by atoms with Gasteiger partial charge in [0.25, 0.3) is 0 Å². The molecule has 3 aromatic heterocycles. The number of halogens is 1. The van der Waals surface area contributed by atoms with Crippen LogP contribution in [0.15, 0.2) is 55.0 Å². The smallest absolute Gasteiger partial charge is 0.323 e. The van der Waals surface area contributed by atoms with Crippen LogP contribution in [0.4, 0.5) is 22.0 Å². The van der Waals surface area contributed by atoms with Gasteiger partial charge in [0.1, 0.15) is 22.9 Å². The van der Waals surface area contributed by atoms with Crippen LogP contribution in [-0.4, -0.2) is 38.5 Å². The zero-order valence-corrected chi connectivity index (χ0v) is 22.4. The first-order valence-electron chi connectivity index (χ1n) is 12.7. The van der Waals surface area contributed by atoms with Gasteiger partial charge in [0.05, 0.1) is 28.8 Å². The van der Waals surface area contributed by atoms with Crippen molar-refractivity contribution < 1.29 is 4.79 Å².